The second-order valence-electron chi connectivity index (χ2n) is 11.0. The number of ether oxygens (including phenoxy) is 4. The van der Waals surface area contributed by atoms with Gasteiger partial charge in [-0.3, -0.25) is 4.90 Å². The molecule has 0 atom stereocenters. The average molecular weight is 524 g/mol. The molecule has 1 heterocycles. The Bertz CT molecular complexity index is 1170. The lowest BCUT2D eigenvalue weighted by Crippen LogP contribution is -2.43. The Balaban J connectivity index is 1.73. The van der Waals surface area contributed by atoms with Crippen LogP contribution in [0.2, 0.25) is 0 Å². The summed E-state index contributed by atoms with van der Waals surface area (Å²) in [6.45, 7) is 15.5. The third kappa shape index (κ3) is 8.28. The molecule has 7 nitrogen and oxygen atoms in total. The fraction of sp³-hybridized carbons (Fsp3) is 0.452. The first-order chi connectivity index (χ1) is 17.9. The van der Waals surface area contributed by atoms with Crippen LogP contribution in [0.3, 0.4) is 0 Å². The van der Waals surface area contributed by atoms with Crippen molar-refractivity contribution in [1.82, 2.24) is 4.90 Å². The molecule has 0 amide bonds. The Morgan fingerprint density at radius 2 is 1.58 bits per heavy atom. The maximum atomic E-state index is 12.7. The smallest absolute Gasteiger partial charge is 0.350 e. The van der Waals surface area contributed by atoms with E-state index in [0.29, 0.717) is 43.5 Å². The number of furan rings is 1. The summed E-state index contributed by atoms with van der Waals surface area (Å²) in [5.41, 5.74) is 1.34. The van der Waals surface area contributed by atoms with Crippen LogP contribution in [0, 0.1) is 13.8 Å². The first-order valence-corrected chi connectivity index (χ1v) is 12.9. The number of hydrogen-bond donors (Lipinski definition) is 0. The summed E-state index contributed by atoms with van der Waals surface area (Å²) in [4.78, 5) is 15.0. The normalized spacial score (nSPS) is 11.9. The van der Waals surface area contributed by atoms with Crippen LogP contribution in [0.4, 0.5) is 0 Å². The molecule has 206 valence electrons. The molecule has 0 spiro atoms. The molecule has 1 aromatic heterocycles. The van der Waals surface area contributed by atoms with E-state index in [2.05, 4.69) is 17.0 Å². The summed E-state index contributed by atoms with van der Waals surface area (Å²) < 4.78 is 28.8. The Morgan fingerprint density at radius 1 is 0.921 bits per heavy atom. The lowest BCUT2D eigenvalue weighted by atomic mass is 10.0. The van der Waals surface area contributed by atoms with Gasteiger partial charge < -0.3 is 23.4 Å². The Morgan fingerprint density at radius 3 is 2.16 bits per heavy atom. The van der Waals surface area contributed by atoms with E-state index in [0.717, 1.165) is 22.5 Å². The molecule has 0 N–H and O–H groups in total. The number of nitrogens with zero attached hydrogens (tertiary/aromatic N) is 1. The third-order valence-corrected chi connectivity index (χ3v) is 5.87. The van der Waals surface area contributed by atoms with Gasteiger partial charge in [0.05, 0.1) is 19.9 Å². The van der Waals surface area contributed by atoms with Crippen LogP contribution in [0.15, 0.2) is 59.2 Å². The Labute approximate surface area is 226 Å². The predicted octanol–water partition coefficient (Wildman–Crippen LogP) is 6.49. The largest absolute Gasteiger partial charge is 0.493 e. The number of esters is 1. The number of hydrogen-bond acceptors (Lipinski definition) is 7. The van der Waals surface area contributed by atoms with Gasteiger partial charge in [-0.2, -0.15) is 0 Å². The predicted molar refractivity (Wildman–Crippen MR) is 148 cm³/mol. The van der Waals surface area contributed by atoms with Crippen molar-refractivity contribution in [3.8, 4) is 17.2 Å². The summed E-state index contributed by atoms with van der Waals surface area (Å²) in [7, 11) is 1.64. The van der Waals surface area contributed by atoms with E-state index in [9.17, 15) is 4.79 Å². The molecular weight excluding hydrogens is 482 g/mol. The summed E-state index contributed by atoms with van der Waals surface area (Å²) in [6, 6.07) is 15.7. The van der Waals surface area contributed by atoms with Crippen LogP contribution in [0.5, 0.6) is 17.2 Å². The van der Waals surface area contributed by atoms with Gasteiger partial charge >= 0.3 is 5.97 Å². The maximum absolute atomic E-state index is 12.7. The van der Waals surface area contributed by atoms with E-state index < -0.39 is 17.2 Å². The second-order valence-corrected chi connectivity index (χ2v) is 11.0. The standard InChI is InChI=1S/C31H41NO6/c1-22-18-24(19-23(2)28(22)37-31(6,7)29(33)38-30(3,4)5)20-32(21-25-12-11-16-35-25)15-17-36-27-14-10-9-13-26(27)34-8/h9-14,16,18-19H,15,17,20-21H2,1-8H3. The van der Waals surface area contributed by atoms with Gasteiger partial charge in [-0.1, -0.05) is 24.3 Å². The number of aryl methyl sites for hydroxylation is 2. The molecule has 0 fully saturated rings. The van der Waals surface area contributed by atoms with Crippen LogP contribution in [-0.4, -0.2) is 42.3 Å². The number of benzene rings is 2. The van der Waals surface area contributed by atoms with Crippen LogP contribution in [0.25, 0.3) is 0 Å². The van der Waals surface area contributed by atoms with Crippen LogP contribution in [-0.2, 0) is 22.6 Å². The summed E-state index contributed by atoms with van der Waals surface area (Å²) in [5, 5.41) is 0. The van der Waals surface area contributed by atoms with E-state index in [4.69, 9.17) is 23.4 Å². The van der Waals surface area contributed by atoms with E-state index in [1.54, 1.807) is 27.2 Å². The van der Waals surface area contributed by atoms with Crippen molar-refractivity contribution in [2.45, 2.75) is 72.8 Å². The van der Waals surface area contributed by atoms with Crippen molar-refractivity contribution in [3.63, 3.8) is 0 Å². The van der Waals surface area contributed by atoms with Gasteiger partial charge in [0.15, 0.2) is 17.1 Å². The zero-order valence-electron chi connectivity index (χ0n) is 23.9. The van der Waals surface area contributed by atoms with Gasteiger partial charge in [-0.25, -0.2) is 4.79 Å². The molecule has 0 radical (unpaired) electrons. The zero-order chi connectivity index (χ0) is 27.9. The lowest BCUT2D eigenvalue weighted by Gasteiger charge is -2.30. The quantitative estimate of drug-likeness (QED) is 0.252. The number of carbonyl (C=O) groups is 1. The number of para-hydroxylation sites is 2. The van der Waals surface area contributed by atoms with Crippen molar-refractivity contribution in [3.05, 3.63) is 77.2 Å². The monoisotopic (exact) mass is 523 g/mol. The van der Waals surface area contributed by atoms with Crippen molar-refractivity contribution in [2.75, 3.05) is 20.3 Å². The highest BCUT2D eigenvalue weighted by molar-refractivity contribution is 5.79. The van der Waals surface area contributed by atoms with Crippen LogP contribution < -0.4 is 14.2 Å². The highest BCUT2D eigenvalue weighted by Crippen LogP contribution is 2.31. The minimum Gasteiger partial charge on any atom is -0.493 e. The van der Waals surface area contributed by atoms with Gasteiger partial charge in [-0.05, 0) is 89.4 Å². The zero-order valence-corrected chi connectivity index (χ0v) is 23.9. The van der Waals surface area contributed by atoms with Crippen molar-refractivity contribution < 1.29 is 28.2 Å². The minimum atomic E-state index is -1.12. The van der Waals surface area contributed by atoms with Gasteiger partial charge in [0, 0.05) is 13.1 Å². The summed E-state index contributed by atoms with van der Waals surface area (Å²) >= 11 is 0. The molecule has 3 aromatic rings. The van der Waals surface area contributed by atoms with E-state index in [1.807, 2.05) is 71.0 Å². The molecule has 0 unspecified atom stereocenters. The van der Waals surface area contributed by atoms with Crippen molar-refractivity contribution >= 4 is 5.97 Å². The maximum Gasteiger partial charge on any atom is 0.350 e. The fourth-order valence-electron chi connectivity index (χ4n) is 4.11. The van der Waals surface area contributed by atoms with Gasteiger partial charge in [-0.15, -0.1) is 0 Å². The van der Waals surface area contributed by atoms with Gasteiger partial charge in [0.2, 0.25) is 0 Å². The van der Waals surface area contributed by atoms with Crippen LogP contribution >= 0.6 is 0 Å². The molecule has 0 saturated carbocycles. The molecule has 0 saturated heterocycles. The van der Waals surface area contributed by atoms with E-state index >= 15 is 0 Å². The first kappa shape index (κ1) is 29.1. The average Bonchev–Trinajstić information content (AvgIpc) is 3.34. The Kier molecular flexibility index (Phi) is 9.50. The molecule has 38 heavy (non-hydrogen) atoms. The van der Waals surface area contributed by atoms with Gasteiger partial charge in [0.25, 0.3) is 0 Å². The number of rotatable bonds is 12. The summed E-state index contributed by atoms with van der Waals surface area (Å²) in [5.74, 6) is 2.61. The van der Waals surface area contributed by atoms with E-state index in [1.165, 1.54) is 0 Å². The molecule has 3 rings (SSSR count). The number of carbonyl (C=O) groups excluding carboxylic acids is 1. The second kappa shape index (κ2) is 12.4. The SMILES string of the molecule is COc1ccccc1OCCN(Cc1cc(C)c(OC(C)(C)C(=O)OC(C)(C)C)c(C)c1)Cc1ccco1. The van der Waals surface area contributed by atoms with Crippen molar-refractivity contribution in [2.24, 2.45) is 0 Å². The fourth-order valence-corrected chi connectivity index (χ4v) is 4.11. The Hall–Kier alpha value is -3.45. The minimum absolute atomic E-state index is 0.396. The number of methoxy groups -OCH3 is 1. The molecule has 0 aliphatic carbocycles. The first-order valence-electron chi connectivity index (χ1n) is 12.9. The highest BCUT2D eigenvalue weighted by atomic mass is 16.6. The highest BCUT2D eigenvalue weighted by Gasteiger charge is 2.35. The third-order valence-electron chi connectivity index (χ3n) is 5.87. The van der Waals surface area contributed by atoms with E-state index in [-0.39, 0.29) is 0 Å². The summed E-state index contributed by atoms with van der Waals surface area (Å²) in [6.07, 6.45) is 1.69. The topological polar surface area (TPSA) is 70.4 Å². The van der Waals surface area contributed by atoms with Gasteiger partial charge in [0.1, 0.15) is 23.7 Å². The molecule has 0 bridgehead atoms. The lowest BCUT2D eigenvalue weighted by molar-refractivity contribution is -0.171. The van der Waals surface area contributed by atoms with Crippen molar-refractivity contribution in [1.29, 1.82) is 0 Å². The molecule has 2 aromatic carbocycles. The molecule has 0 aliphatic rings. The van der Waals surface area contributed by atoms with Crippen LogP contribution in [0.1, 0.15) is 57.1 Å². The molecule has 0 aliphatic heterocycles. The molecular formula is C31H41NO6. The molecule has 7 heteroatoms.